The molecule has 0 saturated heterocycles. The van der Waals surface area contributed by atoms with Crippen molar-refractivity contribution in [1.29, 1.82) is 0 Å². The zero-order chi connectivity index (χ0) is 18.6. The molecule has 0 unspecified atom stereocenters. The summed E-state index contributed by atoms with van der Waals surface area (Å²) in [5, 5.41) is 0. The van der Waals surface area contributed by atoms with E-state index in [2.05, 4.69) is 41.0 Å². The first-order valence-corrected chi connectivity index (χ1v) is 9.98. The monoisotopic (exact) mass is 376 g/mol. The quantitative estimate of drug-likeness (QED) is 0.557. The number of fused-ring (bicyclic) bond motifs is 1. The molecule has 0 fully saturated rings. The molecule has 0 atom stereocenters. The van der Waals surface area contributed by atoms with Crippen molar-refractivity contribution in [2.24, 2.45) is 0 Å². The van der Waals surface area contributed by atoms with E-state index < -0.39 is 0 Å². The van der Waals surface area contributed by atoms with Gasteiger partial charge in [0.25, 0.3) is 0 Å². The van der Waals surface area contributed by atoms with Crippen LogP contribution < -0.4 is 4.74 Å². The number of hydrogen-bond donors (Lipinski definition) is 0. The van der Waals surface area contributed by atoms with Crippen LogP contribution in [0.25, 0.3) is 11.4 Å². The van der Waals surface area contributed by atoms with Gasteiger partial charge in [-0.1, -0.05) is 54.7 Å². The molecule has 4 heteroatoms. The molecule has 27 heavy (non-hydrogen) atoms. The Morgan fingerprint density at radius 2 is 1.85 bits per heavy atom. The van der Waals surface area contributed by atoms with Crippen LogP contribution in [-0.4, -0.2) is 16.7 Å². The summed E-state index contributed by atoms with van der Waals surface area (Å²) >= 11 is 5.67. The Labute approximate surface area is 165 Å². The van der Waals surface area contributed by atoms with Gasteiger partial charge in [0.05, 0.1) is 7.11 Å². The van der Waals surface area contributed by atoms with Crippen LogP contribution in [0.5, 0.6) is 5.75 Å². The maximum Gasteiger partial charge on any atom is 0.141 e. The number of hydrogen-bond acceptors (Lipinski definition) is 3. The normalized spacial score (nSPS) is 13.2. The summed E-state index contributed by atoms with van der Waals surface area (Å²) in [7, 11) is 1.70. The lowest BCUT2D eigenvalue weighted by Crippen LogP contribution is -2.19. The van der Waals surface area contributed by atoms with E-state index in [-0.39, 0.29) is 0 Å². The van der Waals surface area contributed by atoms with Gasteiger partial charge in [-0.3, -0.25) is 0 Å². The zero-order valence-electron chi connectivity index (χ0n) is 15.6. The van der Waals surface area contributed by atoms with E-state index in [1.54, 1.807) is 7.11 Å². The van der Waals surface area contributed by atoms with Crippen molar-refractivity contribution in [3.63, 3.8) is 0 Å². The lowest BCUT2D eigenvalue weighted by molar-refractivity contribution is 0.415. The fraction of sp³-hybridized carbons (Fsp3) is 0.304. The number of aromatic nitrogens is 2. The minimum absolute atomic E-state index is 0.762. The SMILES string of the molecule is COc1cccc(-c2nc(=S)c3c(n2CCc2ccccc2)CCCC3)c1. The van der Waals surface area contributed by atoms with E-state index >= 15 is 0 Å². The van der Waals surface area contributed by atoms with Crippen molar-refractivity contribution >= 4 is 12.2 Å². The Morgan fingerprint density at radius 1 is 1.04 bits per heavy atom. The van der Waals surface area contributed by atoms with Crippen LogP contribution in [-0.2, 0) is 25.8 Å². The van der Waals surface area contributed by atoms with Crippen LogP contribution in [0.1, 0.15) is 29.7 Å². The second kappa shape index (κ2) is 8.05. The molecule has 4 rings (SSSR count). The maximum atomic E-state index is 5.67. The van der Waals surface area contributed by atoms with Crippen molar-refractivity contribution in [3.8, 4) is 17.1 Å². The van der Waals surface area contributed by atoms with Crippen LogP contribution in [0.15, 0.2) is 54.6 Å². The average Bonchev–Trinajstić information content (AvgIpc) is 2.74. The Hall–Kier alpha value is -2.46. The molecule has 1 aromatic heterocycles. The van der Waals surface area contributed by atoms with Gasteiger partial charge < -0.3 is 9.30 Å². The maximum absolute atomic E-state index is 5.67. The van der Waals surface area contributed by atoms with Gasteiger partial charge in [-0.25, -0.2) is 4.98 Å². The molecule has 0 radical (unpaired) electrons. The number of rotatable bonds is 5. The Morgan fingerprint density at radius 3 is 2.67 bits per heavy atom. The molecule has 0 bridgehead atoms. The minimum Gasteiger partial charge on any atom is -0.497 e. The first kappa shape index (κ1) is 17.9. The van der Waals surface area contributed by atoms with Gasteiger partial charge in [-0.05, 0) is 49.8 Å². The van der Waals surface area contributed by atoms with Crippen LogP contribution in [0.3, 0.4) is 0 Å². The van der Waals surface area contributed by atoms with Crippen molar-refractivity contribution in [2.45, 2.75) is 38.6 Å². The fourth-order valence-electron chi connectivity index (χ4n) is 3.88. The second-order valence-electron chi connectivity index (χ2n) is 6.99. The molecule has 1 aliphatic rings. The molecule has 1 heterocycles. The zero-order valence-corrected chi connectivity index (χ0v) is 16.5. The smallest absolute Gasteiger partial charge is 0.141 e. The van der Waals surface area contributed by atoms with E-state index in [1.807, 2.05) is 18.2 Å². The third kappa shape index (κ3) is 3.81. The van der Waals surface area contributed by atoms with E-state index in [4.69, 9.17) is 21.9 Å². The van der Waals surface area contributed by atoms with Gasteiger partial charge in [-0.15, -0.1) is 0 Å². The number of ether oxygens (including phenoxy) is 1. The van der Waals surface area contributed by atoms with Crippen LogP contribution in [0.2, 0.25) is 0 Å². The van der Waals surface area contributed by atoms with Crippen LogP contribution in [0, 0.1) is 4.64 Å². The summed E-state index contributed by atoms with van der Waals surface area (Å²) in [6.45, 7) is 0.904. The second-order valence-corrected chi connectivity index (χ2v) is 7.38. The summed E-state index contributed by atoms with van der Waals surface area (Å²) in [4.78, 5) is 4.87. The van der Waals surface area contributed by atoms with Gasteiger partial charge in [0, 0.05) is 23.4 Å². The van der Waals surface area contributed by atoms with E-state index in [0.29, 0.717) is 0 Å². The highest BCUT2D eigenvalue weighted by Gasteiger charge is 2.19. The highest BCUT2D eigenvalue weighted by atomic mass is 32.1. The van der Waals surface area contributed by atoms with Gasteiger partial charge >= 0.3 is 0 Å². The largest absolute Gasteiger partial charge is 0.497 e. The average molecular weight is 377 g/mol. The minimum atomic E-state index is 0.762. The third-order valence-corrected chi connectivity index (χ3v) is 5.62. The van der Waals surface area contributed by atoms with E-state index in [1.165, 1.54) is 29.7 Å². The number of nitrogens with zero attached hydrogens (tertiary/aromatic N) is 2. The summed E-state index contributed by atoms with van der Waals surface area (Å²) in [6.07, 6.45) is 5.52. The summed E-state index contributed by atoms with van der Waals surface area (Å²) in [6, 6.07) is 18.8. The standard InChI is InChI=1S/C23H24N2OS/c1-26-19-11-7-10-18(16-19)22-24-23(27)20-12-5-6-13-21(20)25(22)15-14-17-8-3-2-4-9-17/h2-4,7-11,16H,5-6,12-15H2,1H3. The Balaban J connectivity index is 1.81. The van der Waals surface area contributed by atoms with Crippen molar-refractivity contribution in [3.05, 3.63) is 76.1 Å². The van der Waals surface area contributed by atoms with Gasteiger partial charge in [-0.2, -0.15) is 0 Å². The molecule has 3 nitrogen and oxygen atoms in total. The number of methoxy groups -OCH3 is 1. The van der Waals surface area contributed by atoms with E-state index in [9.17, 15) is 0 Å². The number of benzene rings is 2. The van der Waals surface area contributed by atoms with Crippen molar-refractivity contribution in [1.82, 2.24) is 9.55 Å². The predicted molar refractivity (Wildman–Crippen MR) is 112 cm³/mol. The van der Waals surface area contributed by atoms with Crippen LogP contribution >= 0.6 is 12.2 Å². The molecule has 2 aromatic carbocycles. The summed E-state index contributed by atoms with van der Waals surface area (Å²) in [5.74, 6) is 1.79. The molecule has 1 aliphatic carbocycles. The molecule has 0 saturated carbocycles. The molecular formula is C23H24N2OS. The third-order valence-electron chi connectivity index (χ3n) is 5.28. The molecule has 0 aliphatic heterocycles. The summed E-state index contributed by atoms with van der Waals surface area (Å²) in [5.41, 5.74) is 5.04. The highest BCUT2D eigenvalue weighted by Crippen LogP contribution is 2.29. The molecule has 0 spiro atoms. The van der Waals surface area contributed by atoms with Crippen molar-refractivity contribution < 1.29 is 4.74 Å². The molecule has 138 valence electrons. The van der Waals surface area contributed by atoms with Crippen molar-refractivity contribution in [2.75, 3.05) is 7.11 Å². The Kier molecular flexibility index (Phi) is 5.35. The lowest BCUT2D eigenvalue weighted by atomic mass is 9.96. The highest BCUT2D eigenvalue weighted by molar-refractivity contribution is 7.71. The summed E-state index contributed by atoms with van der Waals surface area (Å²) < 4.78 is 8.58. The van der Waals surface area contributed by atoms with Gasteiger partial charge in [0.2, 0.25) is 0 Å². The first-order chi connectivity index (χ1) is 13.3. The number of aryl methyl sites for hydroxylation is 1. The molecule has 0 amide bonds. The van der Waals surface area contributed by atoms with E-state index in [0.717, 1.165) is 47.6 Å². The van der Waals surface area contributed by atoms with Crippen LogP contribution in [0.4, 0.5) is 0 Å². The molecular weight excluding hydrogens is 352 g/mol. The lowest BCUT2D eigenvalue weighted by Gasteiger charge is -2.24. The first-order valence-electron chi connectivity index (χ1n) is 9.57. The molecule has 0 N–H and O–H groups in total. The van der Waals surface area contributed by atoms with Gasteiger partial charge in [0.15, 0.2) is 0 Å². The molecule has 3 aromatic rings. The Bertz CT molecular complexity index is 995. The predicted octanol–water partition coefficient (Wildman–Crippen LogP) is 5.41. The topological polar surface area (TPSA) is 27.1 Å². The van der Waals surface area contributed by atoms with Gasteiger partial charge in [0.1, 0.15) is 16.2 Å². The fourth-order valence-corrected chi connectivity index (χ4v) is 4.18.